The minimum atomic E-state index is -4.92. The standard InChI is InChI=1S/C42H51F3N6O10S3/c43-29-6-7-32(44)31(16-29)34-24-49(21-26-4-2-1-3-5-26)41(48-34)40(27-8-12-61-13-9-27)50(22-28-19-46-20-33(28)45)38(54)25-62-15-11-47-36(52)17-30(64(58,59)60)23-51-37(53)18-35(42(51)57)63-14-10-39(55)56/h1-7,16,24,27-28,30,33,35,40,46H,8-15,17-23,25H2,(H,47,52)(H,55,56)(H,58,59,60). The van der Waals surface area contributed by atoms with Crippen LogP contribution < -0.4 is 10.6 Å². The van der Waals surface area contributed by atoms with Crippen molar-refractivity contribution >= 4 is 63.2 Å². The van der Waals surface area contributed by atoms with Crippen LogP contribution in [0.4, 0.5) is 13.2 Å². The van der Waals surface area contributed by atoms with Crippen LogP contribution in [0.15, 0.2) is 54.7 Å². The molecule has 16 nitrogen and oxygen atoms in total. The van der Waals surface area contributed by atoms with Gasteiger partial charge in [-0.1, -0.05) is 30.3 Å². The Morgan fingerprint density at radius 1 is 1.06 bits per heavy atom. The molecule has 4 N–H and O–H groups in total. The average molecular weight is 953 g/mol. The van der Waals surface area contributed by atoms with Gasteiger partial charge in [0.15, 0.2) is 0 Å². The van der Waals surface area contributed by atoms with Crippen molar-refractivity contribution in [2.45, 2.75) is 61.4 Å². The Morgan fingerprint density at radius 2 is 1.81 bits per heavy atom. The summed E-state index contributed by atoms with van der Waals surface area (Å²) in [6, 6.07) is 11.8. The third-order valence-electron chi connectivity index (χ3n) is 11.4. The number of nitrogens with one attached hydrogen (secondary N) is 2. The summed E-state index contributed by atoms with van der Waals surface area (Å²) in [5, 5.41) is 11.7. The number of carboxylic acid groups (broad SMARTS) is 1. The number of carboxylic acids is 1. The van der Waals surface area contributed by atoms with Crippen LogP contribution in [0.25, 0.3) is 11.3 Å². The molecule has 0 radical (unpaired) electrons. The predicted octanol–water partition coefficient (Wildman–Crippen LogP) is 3.56. The molecule has 0 saturated carbocycles. The molecule has 3 aliphatic heterocycles. The molecule has 1 aromatic heterocycles. The Morgan fingerprint density at radius 3 is 2.50 bits per heavy atom. The van der Waals surface area contributed by atoms with Crippen molar-refractivity contribution in [1.29, 1.82) is 0 Å². The second kappa shape index (κ2) is 22.6. The number of hydrogen-bond acceptors (Lipinski definition) is 12. The van der Waals surface area contributed by atoms with Gasteiger partial charge in [0.1, 0.15) is 28.9 Å². The Hall–Kier alpha value is -4.48. The zero-order chi connectivity index (χ0) is 46.0. The lowest BCUT2D eigenvalue weighted by Crippen LogP contribution is -2.46. The largest absolute Gasteiger partial charge is 0.481 e. The first-order valence-electron chi connectivity index (χ1n) is 20.9. The van der Waals surface area contributed by atoms with Crippen LogP contribution in [0.2, 0.25) is 0 Å². The Labute approximate surface area is 377 Å². The quantitative estimate of drug-likeness (QED) is 0.0644. The number of thioether (sulfide) groups is 2. The maximum atomic E-state index is 15.4. The van der Waals surface area contributed by atoms with Gasteiger partial charge in [-0.15, -0.1) is 11.8 Å². The van der Waals surface area contributed by atoms with Crippen LogP contribution >= 0.6 is 23.5 Å². The number of benzene rings is 2. The van der Waals surface area contributed by atoms with Crippen LogP contribution in [-0.4, -0.2) is 147 Å². The van der Waals surface area contributed by atoms with E-state index in [1.165, 1.54) is 0 Å². The van der Waals surface area contributed by atoms with E-state index in [2.05, 4.69) is 10.6 Å². The number of hydrogen-bond donors (Lipinski definition) is 4. The molecule has 5 atom stereocenters. The number of carbonyl (C=O) groups is 5. The van der Waals surface area contributed by atoms with Gasteiger partial charge in [-0.3, -0.25) is 33.4 Å². The molecule has 0 bridgehead atoms. The number of aliphatic carboxylic acids is 1. The summed E-state index contributed by atoms with van der Waals surface area (Å²) in [6.07, 6.45) is 0.148. The Balaban J connectivity index is 1.16. The summed E-state index contributed by atoms with van der Waals surface area (Å²) in [5.74, 6) is -5.29. The molecule has 0 aliphatic carbocycles. The normalized spacial score (nSPS) is 20.4. The lowest BCUT2D eigenvalue weighted by Gasteiger charge is -2.40. The van der Waals surface area contributed by atoms with Gasteiger partial charge < -0.3 is 29.9 Å². The highest BCUT2D eigenvalue weighted by atomic mass is 32.2. The molecule has 348 valence electrons. The molecule has 3 saturated heterocycles. The third-order valence-corrected chi connectivity index (χ3v) is 14.7. The highest BCUT2D eigenvalue weighted by molar-refractivity contribution is 8.00. The van der Waals surface area contributed by atoms with Crippen molar-refractivity contribution in [2.75, 3.05) is 63.2 Å². The number of halogens is 3. The summed E-state index contributed by atoms with van der Waals surface area (Å²) in [4.78, 5) is 71.0. The average Bonchev–Trinajstić information content (AvgIpc) is 3.94. The topological polar surface area (TPSA) is 218 Å². The van der Waals surface area contributed by atoms with Gasteiger partial charge in [0.2, 0.25) is 23.6 Å². The van der Waals surface area contributed by atoms with E-state index in [1.54, 1.807) is 11.1 Å². The summed E-state index contributed by atoms with van der Waals surface area (Å²) < 4.78 is 87.1. The molecule has 4 heterocycles. The fraction of sp³-hybridized carbons (Fsp3) is 0.524. The third kappa shape index (κ3) is 13.1. The van der Waals surface area contributed by atoms with Gasteiger partial charge >= 0.3 is 5.97 Å². The summed E-state index contributed by atoms with van der Waals surface area (Å²) in [6.45, 7) is 0.731. The maximum absolute atomic E-state index is 15.4. The minimum absolute atomic E-state index is 0.0228. The van der Waals surface area contributed by atoms with Gasteiger partial charge in [0.25, 0.3) is 10.1 Å². The lowest BCUT2D eigenvalue weighted by atomic mass is 9.88. The van der Waals surface area contributed by atoms with E-state index in [0.717, 1.165) is 47.3 Å². The van der Waals surface area contributed by atoms with Crippen LogP contribution in [0.5, 0.6) is 0 Å². The predicted molar refractivity (Wildman–Crippen MR) is 232 cm³/mol. The number of carbonyl (C=O) groups excluding carboxylic acids is 4. The number of imidazole rings is 1. The van der Waals surface area contributed by atoms with Crippen LogP contribution in [0.1, 0.15) is 49.5 Å². The number of amides is 4. The van der Waals surface area contributed by atoms with E-state index < -0.39 is 87.0 Å². The zero-order valence-corrected chi connectivity index (χ0v) is 37.2. The zero-order valence-electron chi connectivity index (χ0n) is 34.8. The van der Waals surface area contributed by atoms with Gasteiger partial charge in [0, 0.05) is 94.5 Å². The van der Waals surface area contributed by atoms with Crippen molar-refractivity contribution in [2.24, 2.45) is 11.8 Å². The Kier molecular flexibility index (Phi) is 17.3. The number of aromatic nitrogens is 2. The first-order valence-corrected chi connectivity index (χ1v) is 24.6. The SMILES string of the molecule is O=C(O)CCSC1CC(=O)N(CC(CC(=O)NCCSCC(=O)N(CC2CNCC2F)C(c2nc(-c3cc(F)ccc3F)cn2Cc2ccccc2)C2CCOCC2)S(=O)(=O)O)C1=O. The van der Waals surface area contributed by atoms with E-state index in [9.17, 15) is 41.3 Å². The number of alkyl halides is 1. The maximum Gasteiger partial charge on any atom is 0.304 e. The Bertz CT molecular complexity index is 2250. The van der Waals surface area contributed by atoms with Crippen LogP contribution in [0.3, 0.4) is 0 Å². The number of ether oxygens (including phenoxy) is 1. The number of rotatable bonds is 22. The molecule has 3 aromatic rings. The summed E-state index contributed by atoms with van der Waals surface area (Å²) >= 11 is 2.11. The van der Waals surface area contributed by atoms with E-state index in [4.69, 9.17) is 14.8 Å². The van der Waals surface area contributed by atoms with E-state index >= 15 is 8.78 Å². The lowest BCUT2D eigenvalue weighted by molar-refractivity contribution is -0.139. The van der Waals surface area contributed by atoms with Gasteiger partial charge in [-0.2, -0.15) is 20.2 Å². The smallest absolute Gasteiger partial charge is 0.304 e. The second-order valence-corrected chi connectivity index (χ2v) is 20.0. The van der Waals surface area contributed by atoms with Gasteiger partial charge in [-0.25, -0.2) is 18.2 Å². The first kappa shape index (κ1) is 49.0. The molecular formula is C42H51F3N6O10S3. The number of imide groups is 1. The van der Waals surface area contributed by atoms with Crippen molar-refractivity contribution in [3.05, 3.63) is 77.8 Å². The molecule has 6 rings (SSSR count). The van der Waals surface area contributed by atoms with Gasteiger partial charge in [-0.05, 0) is 42.5 Å². The first-order chi connectivity index (χ1) is 30.6. The van der Waals surface area contributed by atoms with E-state index in [-0.39, 0.29) is 79.4 Å². The van der Waals surface area contributed by atoms with Crippen molar-refractivity contribution in [3.8, 4) is 11.3 Å². The van der Waals surface area contributed by atoms with Gasteiger partial charge in [0.05, 0.1) is 29.2 Å². The second-order valence-electron chi connectivity index (χ2n) is 15.9. The van der Waals surface area contributed by atoms with Crippen LogP contribution in [-0.2, 0) is 45.4 Å². The minimum Gasteiger partial charge on any atom is -0.481 e. The molecule has 0 spiro atoms. The fourth-order valence-corrected chi connectivity index (χ4v) is 10.6. The molecule has 22 heteroatoms. The van der Waals surface area contributed by atoms with E-state index in [0.29, 0.717) is 43.3 Å². The monoisotopic (exact) mass is 952 g/mol. The molecule has 2 aromatic carbocycles. The van der Waals surface area contributed by atoms with E-state index in [1.807, 2.05) is 34.9 Å². The molecule has 4 amide bonds. The molecular weight excluding hydrogens is 902 g/mol. The fourth-order valence-electron chi connectivity index (χ4n) is 8.05. The van der Waals surface area contributed by atoms with Crippen molar-refractivity contribution in [3.63, 3.8) is 0 Å². The molecule has 64 heavy (non-hydrogen) atoms. The molecule has 5 unspecified atom stereocenters. The van der Waals surface area contributed by atoms with Crippen LogP contribution in [0, 0.1) is 23.5 Å². The molecule has 3 fully saturated rings. The van der Waals surface area contributed by atoms with Crippen molar-refractivity contribution in [1.82, 2.24) is 30.0 Å². The number of likely N-dealkylation sites (tertiary alicyclic amines) is 1. The van der Waals surface area contributed by atoms with Crippen molar-refractivity contribution < 1.29 is 60.0 Å². The summed E-state index contributed by atoms with van der Waals surface area (Å²) in [7, 11) is -4.92. The highest BCUT2D eigenvalue weighted by Crippen LogP contribution is 2.38. The highest BCUT2D eigenvalue weighted by Gasteiger charge is 2.43. The molecule has 3 aliphatic rings. The number of nitrogens with zero attached hydrogens (tertiary/aromatic N) is 4. The summed E-state index contributed by atoms with van der Waals surface area (Å²) in [5.41, 5.74) is 0.988.